The Kier molecular flexibility index (Phi) is 5.79. The fourth-order valence-corrected chi connectivity index (χ4v) is 3.69. The van der Waals surface area contributed by atoms with Crippen molar-refractivity contribution in [2.45, 2.75) is 45.1 Å². The van der Waals surface area contributed by atoms with Crippen LogP contribution in [0.25, 0.3) is 0 Å². The second-order valence-electron chi connectivity index (χ2n) is 5.36. The van der Waals surface area contributed by atoms with Gasteiger partial charge in [-0.1, -0.05) is 19.3 Å². The van der Waals surface area contributed by atoms with E-state index in [0.29, 0.717) is 17.9 Å². The van der Waals surface area contributed by atoms with Crippen molar-refractivity contribution in [3.8, 4) is 0 Å². The molecule has 7 heteroatoms. The first-order chi connectivity index (χ1) is 10.5. The third kappa shape index (κ3) is 4.99. The second-order valence-corrected chi connectivity index (χ2v) is 6.80. The summed E-state index contributed by atoms with van der Waals surface area (Å²) in [5.74, 6) is -0.419. The minimum atomic E-state index is -3.59. The minimum absolute atomic E-state index is 0.00468. The molecule has 6 nitrogen and oxygen atoms in total. The van der Waals surface area contributed by atoms with E-state index in [1.807, 2.05) is 0 Å². The number of hydrogen-bond acceptors (Lipinski definition) is 4. The van der Waals surface area contributed by atoms with Crippen LogP contribution in [0.15, 0.2) is 24.3 Å². The molecule has 1 aliphatic rings. The summed E-state index contributed by atoms with van der Waals surface area (Å²) in [7, 11) is -3.59. The third-order valence-corrected chi connectivity index (χ3v) is 4.72. The molecule has 1 aromatic carbocycles. The first kappa shape index (κ1) is 16.8. The SMILES string of the molecule is CCOC(=O)c1ccc(NS(=O)(=O)NC2CCCCC2)cc1. The maximum absolute atomic E-state index is 12.1. The molecule has 1 aliphatic carbocycles. The van der Waals surface area contributed by atoms with Gasteiger partial charge in [0.25, 0.3) is 10.2 Å². The molecule has 0 bridgehead atoms. The molecule has 22 heavy (non-hydrogen) atoms. The number of nitrogens with one attached hydrogen (secondary N) is 2. The van der Waals surface area contributed by atoms with Gasteiger partial charge in [-0.2, -0.15) is 13.1 Å². The molecule has 1 aromatic rings. The largest absolute Gasteiger partial charge is 0.462 e. The van der Waals surface area contributed by atoms with E-state index in [0.717, 1.165) is 25.7 Å². The van der Waals surface area contributed by atoms with E-state index >= 15 is 0 Å². The Morgan fingerprint density at radius 1 is 1.18 bits per heavy atom. The van der Waals surface area contributed by atoms with Gasteiger partial charge < -0.3 is 4.74 Å². The van der Waals surface area contributed by atoms with Crippen molar-refractivity contribution in [2.75, 3.05) is 11.3 Å². The van der Waals surface area contributed by atoms with Crippen molar-refractivity contribution in [3.63, 3.8) is 0 Å². The van der Waals surface area contributed by atoms with Gasteiger partial charge in [0.1, 0.15) is 0 Å². The van der Waals surface area contributed by atoms with Gasteiger partial charge in [0.2, 0.25) is 0 Å². The van der Waals surface area contributed by atoms with Crippen molar-refractivity contribution in [3.05, 3.63) is 29.8 Å². The van der Waals surface area contributed by atoms with E-state index in [4.69, 9.17) is 4.74 Å². The van der Waals surface area contributed by atoms with Crippen LogP contribution in [-0.4, -0.2) is 27.0 Å². The average molecular weight is 326 g/mol. The third-order valence-electron chi connectivity index (χ3n) is 3.58. The Bertz CT molecular complexity index is 592. The van der Waals surface area contributed by atoms with Gasteiger partial charge in [-0.25, -0.2) is 4.79 Å². The molecule has 122 valence electrons. The van der Waals surface area contributed by atoms with Gasteiger partial charge >= 0.3 is 5.97 Å². The van der Waals surface area contributed by atoms with Crippen molar-refractivity contribution >= 4 is 21.9 Å². The smallest absolute Gasteiger partial charge is 0.338 e. The number of anilines is 1. The standard InChI is InChI=1S/C15H22N2O4S/c1-2-21-15(18)12-8-10-14(11-9-12)17-22(19,20)16-13-6-4-3-5-7-13/h8-11,13,16-17H,2-7H2,1H3. The fraction of sp³-hybridized carbons (Fsp3) is 0.533. The van der Waals surface area contributed by atoms with Crippen LogP contribution in [0, 0.1) is 0 Å². The van der Waals surface area contributed by atoms with Crippen LogP contribution in [0.1, 0.15) is 49.4 Å². The molecular weight excluding hydrogens is 304 g/mol. The number of rotatable bonds is 6. The highest BCUT2D eigenvalue weighted by molar-refractivity contribution is 7.90. The van der Waals surface area contributed by atoms with E-state index in [2.05, 4.69) is 9.44 Å². The Morgan fingerprint density at radius 3 is 2.41 bits per heavy atom. The van der Waals surface area contributed by atoms with Crippen LogP contribution >= 0.6 is 0 Å². The Labute approximate surface area is 131 Å². The van der Waals surface area contributed by atoms with E-state index in [9.17, 15) is 13.2 Å². The molecular formula is C15H22N2O4S. The zero-order valence-electron chi connectivity index (χ0n) is 12.7. The van der Waals surface area contributed by atoms with Crippen molar-refractivity contribution in [2.24, 2.45) is 0 Å². The van der Waals surface area contributed by atoms with E-state index in [1.54, 1.807) is 19.1 Å². The quantitative estimate of drug-likeness (QED) is 0.786. The summed E-state index contributed by atoms with van der Waals surface area (Å²) in [6, 6.07) is 6.18. The summed E-state index contributed by atoms with van der Waals surface area (Å²) in [5.41, 5.74) is 0.807. The molecule has 0 atom stereocenters. The van der Waals surface area contributed by atoms with Gasteiger partial charge in [-0.05, 0) is 44.0 Å². The lowest BCUT2D eigenvalue weighted by Gasteiger charge is -2.22. The highest BCUT2D eigenvalue weighted by atomic mass is 32.2. The zero-order valence-corrected chi connectivity index (χ0v) is 13.5. The van der Waals surface area contributed by atoms with Gasteiger partial charge in [0, 0.05) is 11.7 Å². The summed E-state index contributed by atoms with van der Waals surface area (Å²) in [6.07, 6.45) is 5.04. The molecule has 0 unspecified atom stereocenters. The van der Waals surface area contributed by atoms with Crippen LogP contribution in [0.2, 0.25) is 0 Å². The number of ether oxygens (including phenoxy) is 1. The first-order valence-corrected chi connectivity index (χ1v) is 9.06. The molecule has 0 radical (unpaired) electrons. The number of hydrogen-bond donors (Lipinski definition) is 2. The molecule has 1 fully saturated rings. The molecule has 0 aliphatic heterocycles. The fourth-order valence-electron chi connectivity index (χ4n) is 2.51. The van der Waals surface area contributed by atoms with Gasteiger partial charge in [0.15, 0.2) is 0 Å². The summed E-state index contributed by atoms with van der Waals surface area (Å²) in [4.78, 5) is 11.5. The predicted octanol–water partition coefficient (Wildman–Crippen LogP) is 2.44. The minimum Gasteiger partial charge on any atom is -0.462 e. The molecule has 0 heterocycles. The average Bonchev–Trinajstić information content (AvgIpc) is 2.48. The number of carbonyl (C=O) groups excluding carboxylic acids is 1. The summed E-state index contributed by atoms with van der Waals surface area (Å²) < 4.78 is 34.2. The van der Waals surface area contributed by atoms with Gasteiger partial charge in [-0.15, -0.1) is 0 Å². The van der Waals surface area contributed by atoms with Crippen LogP contribution in [0.4, 0.5) is 5.69 Å². The molecule has 2 rings (SSSR count). The predicted molar refractivity (Wildman–Crippen MR) is 84.9 cm³/mol. The first-order valence-electron chi connectivity index (χ1n) is 7.57. The maximum atomic E-state index is 12.1. The molecule has 0 amide bonds. The molecule has 0 spiro atoms. The lowest BCUT2D eigenvalue weighted by molar-refractivity contribution is 0.0526. The van der Waals surface area contributed by atoms with Crippen molar-refractivity contribution < 1.29 is 17.9 Å². The monoisotopic (exact) mass is 326 g/mol. The number of benzene rings is 1. The topological polar surface area (TPSA) is 84.5 Å². The maximum Gasteiger partial charge on any atom is 0.338 e. The van der Waals surface area contributed by atoms with Crippen LogP contribution in [0.5, 0.6) is 0 Å². The second kappa shape index (κ2) is 7.60. The lowest BCUT2D eigenvalue weighted by Crippen LogP contribution is -2.39. The van der Waals surface area contributed by atoms with Crippen LogP contribution in [0.3, 0.4) is 0 Å². The Morgan fingerprint density at radius 2 is 1.82 bits per heavy atom. The van der Waals surface area contributed by atoms with E-state index in [1.165, 1.54) is 18.6 Å². The summed E-state index contributed by atoms with van der Waals surface area (Å²) in [5, 5.41) is 0. The summed E-state index contributed by atoms with van der Waals surface area (Å²) >= 11 is 0. The highest BCUT2D eigenvalue weighted by Crippen LogP contribution is 2.19. The number of carbonyl (C=O) groups is 1. The van der Waals surface area contributed by atoms with Crippen molar-refractivity contribution in [1.82, 2.24) is 4.72 Å². The zero-order chi connectivity index (χ0) is 16.0. The molecule has 0 aromatic heterocycles. The lowest BCUT2D eigenvalue weighted by atomic mass is 9.96. The van der Waals surface area contributed by atoms with Crippen LogP contribution in [-0.2, 0) is 14.9 Å². The molecule has 1 saturated carbocycles. The van der Waals surface area contributed by atoms with E-state index in [-0.39, 0.29) is 6.04 Å². The van der Waals surface area contributed by atoms with Gasteiger partial charge in [0.05, 0.1) is 12.2 Å². The summed E-state index contributed by atoms with van der Waals surface area (Å²) in [6.45, 7) is 2.04. The Hall–Kier alpha value is -1.60. The Balaban J connectivity index is 1.95. The number of esters is 1. The highest BCUT2D eigenvalue weighted by Gasteiger charge is 2.20. The van der Waals surface area contributed by atoms with Gasteiger partial charge in [-0.3, -0.25) is 4.72 Å². The van der Waals surface area contributed by atoms with Crippen LogP contribution < -0.4 is 9.44 Å². The van der Waals surface area contributed by atoms with E-state index < -0.39 is 16.2 Å². The molecule has 0 saturated heterocycles. The van der Waals surface area contributed by atoms with Crippen molar-refractivity contribution in [1.29, 1.82) is 0 Å². The molecule has 2 N–H and O–H groups in total. The normalized spacial score (nSPS) is 16.2.